The van der Waals surface area contributed by atoms with Crippen LogP contribution in [0.5, 0.6) is 0 Å². The number of halogens is 3. The van der Waals surface area contributed by atoms with E-state index in [1.54, 1.807) is 52.0 Å². The fourth-order valence-corrected chi connectivity index (χ4v) is 5.30. The summed E-state index contributed by atoms with van der Waals surface area (Å²) in [6.45, 7) is 9.16. The van der Waals surface area contributed by atoms with E-state index in [0.717, 1.165) is 6.42 Å². The number of carbonyl (C=O) groups excluding carboxylic acids is 3. The lowest BCUT2D eigenvalue weighted by atomic mass is 9.89. The minimum atomic E-state index is -4.54. The lowest BCUT2D eigenvalue weighted by Gasteiger charge is -2.38. The number of aromatic nitrogens is 2. The lowest BCUT2D eigenvalue weighted by Crippen LogP contribution is -2.46. The molecule has 1 saturated heterocycles. The van der Waals surface area contributed by atoms with Gasteiger partial charge < -0.3 is 15.0 Å². The van der Waals surface area contributed by atoms with Crippen molar-refractivity contribution in [2.24, 2.45) is 5.92 Å². The standard InChI is InChI=1S/C27H30F3N5O4S/c1-14-6-8-19(16-7-9-20-18(11-16)33-24(40-20)27(28,29)30)35(13-14)23(37)22(36)32-17-10-15(2)21(31-12-17)34-25(38)39-26(3,4)5/h7,9-12,14,19H,6,8,13H2,1-5H3,(H,32,36)(H,31,34,38)/t14-,19+/m0/s1. The van der Waals surface area contributed by atoms with Gasteiger partial charge in [0, 0.05) is 6.54 Å². The van der Waals surface area contributed by atoms with Gasteiger partial charge in [-0.05, 0) is 75.8 Å². The van der Waals surface area contributed by atoms with Crippen LogP contribution in [0.3, 0.4) is 0 Å². The van der Waals surface area contributed by atoms with Crippen LogP contribution in [0, 0.1) is 12.8 Å². The first-order valence-electron chi connectivity index (χ1n) is 12.7. The molecule has 3 heterocycles. The Morgan fingerprint density at radius 3 is 2.48 bits per heavy atom. The topological polar surface area (TPSA) is 114 Å². The maximum Gasteiger partial charge on any atom is 0.443 e. The fraction of sp³-hybridized carbons (Fsp3) is 0.444. The van der Waals surface area contributed by atoms with Crippen molar-refractivity contribution in [1.82, 2.24) is 14.9 Å². The van der Waals surface area contributed by atoms with Crippen LogP contribution in [-0.2, 0) is 20.5 Å². The number of thiazole rings is 1. The van der Waals surface area contributed by atoms with E-state index in [9.17, 15) is 27.6 Å². The zero-order valence-electron chi connectivity index (χ0n) is 22.7. The van der Waals surface area contributed by atoms with Gasteiger partial charge in [-0.25, -0.2) is 14.8 Å². The quantitative estimate of drug-likeness (QED) is 0.353. The highest BCUT2D eigenvalue weighted by Crippen LogP contribution is 2.38. The van der Waals surface area contributed by atoms with E-state index in [-0.39, 0.29) is 22.9 Å². The minimum absolute atomic E-state index is 0.134. The number of aryl methyl sites for hydroxylation is 1. The average molecular weight is 578 g/mol. The molecule has 0 aliphatic carbocycles. The van der Waals surface area contributed by atoms with Gasteiger partial charge in [0.05, 0.1) is 28.1 Å². The van der Waals surface area contributed by atoms with Gasteiger partial charge >= 0.3 is 24.1 Å². The van der Waals surface area contributed by atoms with E-state index in [2.05, 4.69) is 20.6 Å². The molecular formula is C27H30F3N5O4S. The molecule has 0 unspecified atom stereocenters. The first-order valence-corrected chi connectivity index (χ1v) is 13.5. The third-order valence-corrected chi connectivity index (χ3v) is 7.35. The number of anilines is 2. The van der Waals surface area contributed by atoms with Crippen LogP contribution >= 0.6 is 11.3 Å². The van der Waals surface area contributed by atoms with Gasteiger partial charge in [0.15, 0.2) is 5.01 Å². The number of pyridine rings is 1. The molecule has 13 heteroatoms. The number of hydrogen-bond acceptors (Lipinski definition) is 7. The molecule has 2 atom stereocenters. The van der Waals surface area contributed by atoms with E-state index in [1.165, 1.54) is 11.1 Å². The van der Waals surface area contributed by atoms with E-state index >= 15 is 0 Å². The molecule has 1 aliphatic rings. The van der Waals surface area contributed by atoms with Crippen molar-refractivity contribution < 1.29 is 32.3 Å². The smallest absolute Gasteiger partial charge is 0.443 e. The number of fused-ring (bicyclic) bond motifs is 1. The van der Waals surface area contributed by atoms with Crippen molar-refractivity contribution in [1.29, 1.82) is 0 Å². The summed E-state index contributed by atoms with van der Waals surface area (Å²) in [6.07, 6.45) is -2.57. The largest absolute Gasteiger partial charge is 0.444 e. The van der Waals surface area contributed by atoms with E-state index < -0.39 is 40.7 Å². The second-order valence-electron chi connectivity index (χ2n) is 10.9. The number of nitrogens with one attached hydrogen (secondary N) is 2. The van der Waals surface area contributed by atoms with Crippen molar-refractivity contribution in [3.05, 3.63) is 46.6 Å². The number of alkyl halides is 3. The number of hydrogen-bond donors (Lipinski definition) is 2. The SMILES string of the molecule is Cc1cc(NC(=O)C(=O)N2C[C@@H](C)CC[C@@H]2c2ccc3sc(C(F)(F)F)nc3c2)cnc1NC(=O)OC(C)(C)C. The molecule has 2 aromatic heterocycles. The molecule has 1 aromatic carbocycles. The molecular weight excluding hydrogens is 547 g/mol. The molecule has 3 aromatic rings. The van der Waals surface area contributed by atoms with Crippen LogP contribution in [0.15, 0.2) is 30.5 Å². The highest BCUT2D eigenvalue weighted by molar-refractivity contribution is 7.18. The second-order valence-corrected chi connectivity index (χ2v) is 11.9. The predicted molar refractivity (Wildman–Crippen MR) is 145 cm³/mol. The van der Waals surface area contributed by atoms with Crippen LogP contribution < -0.4 is 10.6 Å². The summed E-state index contributed by atoms with van der Waals surface area (Å²) < 4.78 is 45.0. The summed E-state index contributed by atoms with van der Waals surface area (Å²) in [6, 6.07) is 5.89. The van der Waals surface area contributed by atoms with Gasteiger partial charge in [0.2, 0.25) is 0 Å². The van der Waals surface area contributed by atoms with Crippen LogP contribution in [0.2, 0.25) is 0 Å². The van der Waals surface area contributed by atoms with Crippen LogP contribution in [0.1, 0.15) is 62.7 Å². The Labute approximate surface area is 233 Å². The normalized spacial score (nSPS) is 17.9. The number of likely N-dealkylation sites (tertiary alicyclic amines) is 1. The van der Waals surface area contributed by atoms with Gasteiger partial charge in [-0.1, -0.05) is 13.0 Å². The van der Waals surface area contributed by atoms with Crippen LogP contribution in [-0.4, -0.2) is 44.9 Å². The molecule has 3 amide bonds. The summed E-state index contributed by atoms with van der Waals surface area (Å²) >= 11 is 0.564. The number of piperidine rings is 1. The zero-order valence-corrected chi connectivity index (χ0v) is 23.5. The Morgan fingerprint density at radius 1 is 1.10 bits per heavy atom. The molecule has 0 spiro atoms. The number of amides is 3. The van der Waals surface area contributed by atoms with E-state index in [1.807, 2.05) is 6.92 Å². The summed E-state index contributed by atoms with van der Waals surface area (Å²) in [5.41, 5.74) is 0.932. The van der Waals surface area contributed by atoms with Gasteiger partial charge in [0.25, 0.3) is 0 Å². The van der Waals surface area contributed by atoms with Gasteiger partial charge in [-0.15, -0.1) is 11.3 Å². The molecule has 0 saturated carbocycles. The van der Waals surface area contributed by atoms with Gasteiger partial charge in [-0.2, -0.15) is 13.2 Å². The van der Waals surface area contributed by atoms with Crippen molar-refractivity contribution in [2.75, 3.05) is 17.2 Å². The van der Waals surface area contributed by atoms with Crippen LogP contribution in [0.4, 0.5) is 29.5 Å². The number of carbonyl (C=O) groups is 3. The molecule has 9 nitrogen and oxygen atoms in total. The Morgan fingerprint density at radius 2 is 1.82 bits per heavy atom. The van der Waals surface area contributed by atoms with Crippen molar-refractivity contribution in [3.8, 4) is 0 Å². The van der Waals surface area contributed by atoms with E-state index in [4.69, 9.17) is 4.74 Å². The molecule has 0 bridgehead atoms. The molecule has 2 N–H and O–H groups in total. The molecule has 214 valence electrons. The van der Waals surface area contributed by atoms with Crippen molar-refractivity contribution in [2.45, 2.75) is 65.3 Å². The molecule has 4 rings (SSSR count). The second kappa shape index (κ2) is 11.0. The number of nitrogens with zero attached hydrogens (tertiary/aromatic N) is 3. The number of ether oxygens (including phenoxy) is 1. The van der Waals surface area contributed by atoms with Crippen molar-refractivity contribution in [3.63, 3.8) is 0 Å². The Balaban J connectivity index is 1.50. The Bertz CT molecular complexity index is 1450. The average Bonchev–Trinajstić information content (AvgIpc) is 3.28. The maximum atomic E-state index is 13.3. The molecule has 40 heavy (non-hydrogen) atoms. The van der Waals surface area contributed by atoms with Crippen molar-refractivity contribution >= 4 is 51.0 Å². The monoisotopic (exact) mass is 577 g/mol. The minimum Gasteiger partial charge on any atom is -0.444 e. The summed E-state index contributed by atoms with van der Waals surface area (Å²) in [5, 5.41) is 4.18. The third kappa shape index (κ3) is 6.87. The first kappa shape index (κ1) is 29.2. The summed E-state index contributed by atoms with van der Waals surface area (Å²) in [4.78, 5) is 47.7. The maximum absolute atomic E-state index is 13.3. The van der Waals surface area contributed by atoms with Gasteiger partial charge in [-0.3, -0.25) is 14.9 Å². The lowest BCUT2D eigenvalue weighted by molar-refractivity contribution is -0.146. The summed E-state index contributed by atoms with van der Waals surface area (Å²) in [7, 11) is 0. The molecule has 1 fully saturated rings. The zero-order chi connectivity index (χ0) is 29.4. The van der Waals surface area contributed by atoms with Gasteiger partial charge in [0.1, 0.15) is 11.4 Å². The van der Waals surface area contributed by atoms with E-state index in [0.29, 0.717) is 40.1 Å². The first-order chi connectivity index (χ1) is 18.6. The molecule has 0 radical (unpaired) electrons. The Hall–Kier alpha value is -3.74. The highest BCUT2D eigenvalue weighted by Gasteiger charge is 2.37. The van der Waals surface area contributed by atoms with Crippen LogP contribution in [0.25, 0.3) is 10.2 Å². The predicted octanol–water partition coefficient (Wildman–Crippen LogP) is 6.30. The Kier molecular flexibility index (Phi) is 8.06. The summed E-state index contributed by atoms with van der Waals surface area (Å²) in [5.74, 6) is -1.26. The highest BCUT2D eigenvalue weighted by atomic mass is 32.1. The molecule has 1 aliphatic heterocycles. The fourth-order valence-electron chi connectivity index (χ4n) is 4.49. The number of benzene rings is 1. The third-order valence-electron chi connectivity index (χ3n) is 6.27. The number of rotatable bonds is 3.